The normalized spacial score (nSPS) is 19.3. The number of allylic oxidation sites excluding steroid dienone is 3. The van der Waals surface area contributed by atoms with Gasteiger partial charge in [0.25, 0.3) is 0 Å². The summed E-state index contributed by atoms with van der Waals surface area (Å²) in [7, 11) is 3.15. The number of hydrogen-bond acceptors (Lipinski definition) is 7. The van der Waals surface area contributed by atoms with E-state index in [0.29, 0.717) is 41.2 Å². The predicted octanol–water partition coefficient (Wildman–Crippen LogP) is 5.87. The van der Waals surface area contributed by atoms with Gasteiger partial charge in [-0.25, -0.2) is 4.79 Å². The Hall–Kier alpha value is -3.84. The molecule has 0 saturated heterocycles. The molecule has 0 fully saturated rings. The predicted molar refractivity (Wildman–Crippen MR) is 143 cm³/mol. The zero-order valence-electron chi connectivity index (χ0n) is 21.1. The Morgan fingerprint density at radius 2 is 1.78 bits per heavy atom. The molecule has 2 atom stereocenters. The van der Waals surface area contributed by atoms with Gasteiger partial charge in [0.2, 0.25) is 0 Å². The second kappa shape index (κ2) is 10.6. The van der Waals surface area contributed by atoms with Crippen LogP contribution >= 0.6 is 11.3 Å². The van der Waals surface area contributed by atoms with Gasteiger partial charge in [-0.05, 0) is 48.1 Å². The average molecular weight is 516 g/mol. The van der Waals surface area contributed by atoms with Crippen LogP contribution in [-0.4, -0.2) is 26.0 Å². The van der Waals surface area contributed by atoms with Crippen molar-refractivity contribution in [2.45, 2.75) is 38.2 Å². The van der Waals surface area contributed by atoms with Crippen LogP contribution in [0.3, 0.4) is 0 Å². The van der Waals surface area contributed by atoms with Crippen molar-refractivity contribution in [1.82, 2.24) is 5.32 Å². The molecule has 1 aromatic heterocycles. The maximum atomic E-state index is 13.7. The van der Waals surface area contributed by atoms with E-state index >= 15 is 0 Å². The Morgan fingerprint density at radius 1 is 1.00 bits per heavy atom. The number of carbonyl (C=O) groups is 2. The van der Waals surface area contributed by atoms with Gasteiger partial charge in [0.05, 0.1) is 19.8 Å². The zero-order valence-corrected chi connectivity index (χ0v) is 21.9. The molecule has 7 heteroatoms. The van der Waals surface area contributed by atoms with E-state index in [0.717, 1.165) is 16.8 Å². The SMILES string of the molecule is COc1ccc([C@H]2C(C(=O)OCc3ccccc3)=C(C)NC3=C2C(=O)C[C@@H](c2cccs2)C3)cc1OC. The Labute approximate surface area is 220 Å². The van der Waals surface area contributed by atoms with Crippen LogP contribution in [0.5, 0.6) is 11.5 Å². The third kappa shape index (κ3) is 4.91. The van der Waals surface area contributed by atoms with Crippen molar-refractivity contribution in [2.75, 3.05) is 14.2 Å². The van der Waals surface area contributed by atoms with Crippen LogP contribution in [0.25, 0.3) is 0 Å². The minimum Gasteiger partial charge on any atom is -0.493 e. The highest BCUT2D eigenvalue weighted by atomic mass is 32.1. The summed E-state index contributed by atoms with van der Waals surface area (Å²) in [5.41, 5.74) is 4.29. The third-order valence-corrected chi connectivity index (χ3v) is 7.98. The first-order chi connectivity index (χ1) is 18.0. The highest BCUT2D eigenvalue weighted by Gasteiger charge is 2.41. The molecule has 3 aromatic rings. The topological polar surface area (TPSA) is 73.9 Å². The van der Waals surface area contributed by atoms with Gasteiger partial charge in [-0.15, -0.1) is 11.3 Å². The molecule has 1 aliphatic carbocycles. The van der Waals surface area contributed by atoms with Gasteiger partial charge in [0.15, 0.2) is 17.3 Å². The third-order valence-electron chi connectivity index (χ3n) is 6.95. The number of methoxy groups -OCH3 is 2. The van der Waals surface area contributed by atoms with E-state index in [1.54, 1.807) is 31.6 Å². The lowest BCUT2D eigenvalue weighted by molar-refractivity contribution is -0.140. The standard InChI is InChI=1S/C30H29NO5S/c1-18-27(30(33)36-17-19-8-5-4-6-9-19)28(20-11-12-24(34-2)25(16-20)35-3)29-22(31-18)14-21(15-23(29)32)26-10-7-13-37-26/h4-13,16,21,28,31H,14-15,17H2,1-3H3/t21-,28-/m0/s1. The van der Waals surface area contributed by atoms with Gasteiger partial charge in [-0.3, -0.25) is 4.79 Å². The van der Waals surface area contributed by atoms with Gasteiger partial charge in [0, 0.05) is 40.1 Å². The maximum absolute atomic E-state index is 13.7. The lowest BCUT2D eigenvalue weighted by Gasteiger charge is -2.36. The Balaban J connectivity index is 1.55. The van der Waals surface area contributed by atoms with E-state index in [9.17, 15) is 9.59 Å². The van der Waals surface area contributed by atoms with E-state index in [1.807, 2.05) is 60.8 Å². The first-order valence-corrected chi connectivity index (χ1v) is 13.1. The van der Waals surface area contributed by atoms with Crippen LogP contribution in [0.2, 0.25) is 0 Å². The van der Waals surface area contributed by atoms with Gasteiger partial charge in [0.1, 0.15) is 6.61 Å². The summed E-state index contributed by atoms with van der Waals surface area (Å²) < 4.78 is 16.7. The number of esters is 1. The molecule has 2 aliphatic rings. The molecule has 0 unspecified atom stereocenters. The van der Waals surface area contributed by atoms with Gasteiger partial charge < -0.3 is 19.5 Å². The molecule has 37 heavy (non-hydrogen) atoms. The molecule has 0 amide bonds. The van der Waals surface area contributed by atoms with Crippen LogP contribution in [0.1, 0.15) is 47.6 Å². The molecule has 2 heterocycles. The summed E-state index contributed by atoms with van der Waals surface area (Å²) in [6, 6.07) is 19.2. The molecule has 6 nitrogen and oxygen atoms in total. The molecule has 2 aromatic carbocycles. The molecule has 0 radical (unpaired) electrons. The van der Waals surface area contributed by atoms with Crippen molar-refractivity contribution in [3.05, 3.63) is 105 Å². The molecule has 5 rings (SSSR count). The van der Waals surface area contributed by atoms with Crippen LogP contribution in [0.15, 0.2) is 88.6 Å². The minimum absolute atomic E-state index is 0.0350. The van der Waals surface area contributed by atoms with E-state index in [-0.39, 0.29) is 18.3 Å². The summed E-state index contributed by atoms with van der Waals surface area (Å²) >= 11 is 1.67. The summed E-state index contributed by atoms with van der Waals surface area (Å²) in [6.45, 7) is 2.02. The summed E-state index contributed by atoms with van der Waals surface area (Å²) in [5, 5.41) is 5.45. The number of Topliss-reactive ketones (excluding diaryl/α,β-unsaturated/α-hetero) is 1. The first kappa shape index (κ1) is 24.8. The molecule has 1 aliphatic heterocycles. The molecule has 190 valence electrons. The van der Waals surface area contributed by atoms with Crippen molar-refractivity contribution >= 4 is 23.1 Å². The minimum atomic E-state index is -0.573. The number of ether oxygens (including phenoxy) is 3. The number of hydrogen-bond donors (Lipinski definition) is 1. The number of ketones is 1. The fourth-order valence-corrected chi connectivity index (χ4v) is 6.03. The van der Waals surface area contributed by atoms with Crippen LogP contribution in [0.4, 0.5) is 0 Å². The quantitative estimate of drug-likeness (QED) is 0.397. The zero-order chi connectivity index (χ0) is 25.9. The molecule has 0 saturated carbocycles. The van der Waals surface area contributed by atoms with Crippen LogP contribution < -0.4 is 14.8 Å². The van der Waals surface area contributed by atoms with E-state index in [4.69, 9.17) is 14.2 Å². The summed E-state index contributed by atoms with van der Waals surface area (Å²) in [4.78, 5) is 28.5. The average Bonchev–Trinajstić information content (AvgIpc) is 3.46. The van der Waals surface area contributed by atoms with Crippen LogP contribution in [0, 0.1) is 0 Å². The van der Waals surface area contributed by atoms with Gasteiger partial charge >= 0.3 is 5.97 Å². The fourth-order valence-electron chi connectivity index (χ4n) is 5.20. The van der Waals surface area contributed by atoms with Crippen molar-refractivity contribution in [3.63, 3.8) is 0 Å². The van der Waals surface area contributed by atoms with Gasteiger partial charge in [-0.1, -0.05) is 42.5 Å². The van der Waals surface area contributed by atoms with Gasteiger partial charge in [-0.2, -0.15) is 0 Å². The number of carbonyl (C=O) groups excluding carboxylic acids is 2. The second-order valence-electron chi connectivity index (χ2n) is 9.21. The first-order valence-electron chi connectivity index (χ1n) is 12.2. The molecular weight excluding hydrogens is 486 g/mol. The molecule has 0 bridgehead atoms. The second-order valence-corrected chi connectivity index (χ2v) is 10.2. The van der Waals surface area contributed by atoms with E-state index in [1.165, 1.54) is 4.88 Å². The highest BCUT2D eigenvalue weighted by Crippen LogP contribution is 2.47. The van der Waals surface area contributed by atoms with Crippen molar-refractivity contribution < 1.29 is 23.8 Å². The van der Waals surface area contributed by atoms with Crippen LogP contribution in [-0.2, 0) is 20.9 Å². The molecular formula is C30H29NO5S. The number of benzene rings is 2. The van der Waals surface area contributed by atoms with Crippen molar-refractivity contribution in [1.29, 1.82) is 0 Å². The molecule has 0 spiro atoms. The van der Waals surface area contributed by atoms with E-state index < -0.39 is 11.9 Å². The lowest BCUT2D eigenvalue weighted by atomic mass is 9.72. The number of rotatable bonds is 7. The maximum Gasteiger partial charge on any atom is 0.337 e. The molecule has 1 N–H and O–H groups in total. The number of thiophene rings is 1. The smallest absolute Gasteiger partial charge is 0.337 e. The van der Waals surface area contributed by atoms with Crippen molar-refractivity contribution in [3.8, 4) is 11.5 Å². The monoisotopic (exact) mass is 515 g/mol. The largest absolute Gasteiger partial charge is 0.493 e. The Morgan fingerprint density at radius 3 is 2.49 bits per heavy atom. The fraction of sp³-hybridized carbons (Fsp3) is 0.267. The van der Waals surface area contributed by atoms with Crippen molar-refractivity contribution in [2.24, 2.45) is 0 Å². The number of nitrogens with one attached hydrogen (secondary N) is 1. The summed E-state index contributed by atoms with van der Waals surface area (Å²) in [6.07, 6.45) is 1.10. The van der Waals surface area contributed by atoms with E-state index in [2.05, 4.69) is 11.4 Å². The highest BCUT2D eigenvalue weighted by molar-refractivity contribution is 7.10. The summed E-state index contributed by atoms with van der Waals surface area (Å²) in [5.74, 6) is 0.243. The number of dihydropyridines is 1. The Kier molecular flexibility index (Phi) is 7.15. The lowest BCUT2D eigenvalue weighted by Crippen LogP contribution is -2.36. The Bertz CT molecular complexity index is 1370.